The molecule has 0 radical (unpaired) electrons. The van der Waals surface area contributed by atoms with Crippen LogP contribution in [0.5, 0.6) is 0 Å². The summed E-state index contributed by atoms with van der Waals surface area (Å²) in [5.74, 6) is 1.98. The predicted octanol–water partition coefficient (Wildman–Crippen LogP) is 2.01. The Bertz CT molecular complexity index is 330. The van der Waals surface area contributed by atoms with E-state index in [4.69, 9.17) is 0 Å². The number of nitrogens with one attached hydrogen (secondary N) is 1. The molecule has 1 atom stereocenters. The Morgan fingerprint density at radius 2 is 2.29 bits per heavy atom. The molecule has 1 saturated carbocycles. The largest absolute Gasteiger partial charge is 0.313 e. The standard InChI is InChI=1S/C13H24N4/c1-3-8-14-12(11-6-5-7-11)9-13-15-10-16-17(13)4-2/h10-12,14H,3-9H2,1-2H3. The maximum Gasteiger partial charge on any atom is 0.138 e. The molecule has 1 aliphatic rings. The first-order valence-corrected chi connectivity index (χ1v) is 6.95. The Morgan fingerprint density at radius 3 is 2.88 bits per heavy atom. The molecule has 0 spiro atoms. The van der Waals surface area contributed by atoms with E-state index >= 15 is 0 Å². The van der Waals surface area contributed by atoms with E-state index < -0.39 is 0 Å². The lowest BCUT2D eigenvalue weighted by atomic mass is 9.78. The first kappa shape index (κ1) is 12.6. The minimum absolute atomic E-state index is 0.596. The van der Waals surface area contributed by atoms with Crippen molar-refractivity contribution in [3.63, 3.8) is 0 Å². The normalized spacial score (nSPS) is 18.0. The van der Waals surface area contributed by atoms with Gasteiger partial charge in [0.2, 0.25) is 0 Å². The van der Waals surface area contributed by atoms with Gasteiger partial charge < -0.3 is 5.32 Å². The number of rotatable bonds is 7. The van der Waals surface area contributed by atoms with Gasteiger partial charge in [-0.25, -0.2) is 4.98 Å². The van der Waals surface area contributed by atoms with E-state index in [0.29, 0.717) is 6.04 Å². The van der Waals surface area contributed by atoms with Crippen molar-refractivity contribution in [1.82, 2.24) is 20.1 Å². The molecule has 1 unspecified atom stereocenters. The molecule has 1 N–H and O–H groups in total. The highest BCUT2D eigenvalue weighted by molar-refractivity contribution is 4.94. The summed E-state index contributed by atoms with van der Waals surface area (Å²) in [5.41, 5.74) is 0. The Labute approximate surface area is 104 Å². The van der Waals surface area contributed by atoms with Gasteiger partial charge in [0.1, 0.15) is 12.2 Å². The van der Waals surface area contributed by atoms with Gasteiger partial charge in [-0.05, 0) is 38.6 Å². The van der Waals surface area contributed by atoms with Crippen LogP contribution in [0.3, 0.4) is 0 Å². The lowest BCUT2D eigenvalue weighted by molar-refractivity contribution is 0.224. The second-order valence-electron chi connectivity index (χ2n) is 4.95. The van der Waals surface area contributed by atoms with Crippen LogP contribution in [0.15, 0.2) is 6.33 Å². The number of nitrogens with zero attached hydrogens (tertiary/aromatic N) is 3. The third-order valence-corrected chi connectivity index (χ3v) is 3.77. The molecule has 1 aromatic rings. The van der Waals surface area contributed by atoms with Crippen molar-refractivity contribution in [2.24, 2.45) is 5.92 Å². The molecule has 1 aromatic heterocycles. The molecule has 17 heavy (non-hydrogen) atoms. The van der Waals surface area contributed by atoms with Crippen LogP contribution in [-0.2, 0) is 13.0 Å². The average molecular weight is 236 g/mol. The van der Waals surface area contributed by atoms with Crippen LogP contribution < -0.4 is 5.32 Å². The van der Waals surface area contributed by atoms with Crippen molar-refractivity contribution in [2.45, 2.75) is 58.5 Å². The fourth-order valence-electron chi connectivity index (χ4n) is 2.48. The maximum atomic E-state index is 4.39. The van der Waals surface area contributed by atoms with E-state index in [-0.39, 0.29) is 0 Å². The molecule has 1 fully saturated rings. The smallest absolute Gasteiger partial charge is 0.138 e. The van der Waals surface area contributed by atoms with Crippen LogP contribution in [0, 0.1) is 5.92 Å². The number of hydrogen-bond acceptors (Lipinski definition) is 3. The fourth-order valence-corrected chi connectivity index (χ4v) is 2.48. The number of hydrogen-bond donors (Lipinski definition) is 1. The molecular formula is C13H24N4. The Kier molecular flexibility index (Phi) is 4.54. The van der Waals surface area contributed by atoms with Crippen LogP contribution in [0.4, 0.5) is 0 Å². The van der Waals surface area contributed by atoms with E-state index in [1.54, 1.807) is 6.33 Å². The summed E-state index contributed by atoms with van der Waals surface area (Å²) < 4.78 is 2.01. The minimum atomic E-state index is 0.596. The summed E-state index contributed by atoms with van der Waals surface area (Å²) in [6.45, 7) is 6.37. The van der Waals surface area contributed by atoms with Crippen molar-refractivity contribution in [3.05, 3.63) is 12.2 Å². The summed E-state index contributed by atoms with van der Waals surface area (Å²) in [7, 11) is 0. The van der Waals surface area contributed by atoms with Crippen LogP contribution in [0.1, 0.15) is 45.4 Å². The zero-order chi connectivity index (χ0) is 12.1. The van der Waals surface area contributed by atoms with Crippen molar-refractivity contribution in [1.29, 1.82) is 0 Å². The molecule has 4 nitrogen and oxygen atoms in total. The van der Waals surface area contributed by atoms with Crippen LogP contribution in [0.2, 0.25) is 0 Å². The lowest BCUT2D eigenvalue weighted by Gasteiger charge is -2.34. The molecule has 1 aliphatic carbocycles. The van der Waals surface area contributed by atoms with E-state index in [2.05, 4.69) is 29.2 Å². The average Bonchev–Trinajstić information content (AvgIpc) is 2.70. The second kappa shape index (κ2) is 6.15. The Hall–Kier alpha value is -0.900. The van der Waals surface area contributed by atoms with Gasteiger partial charge in [0.15, 0.2) is 0 Å². The molecule has 0 bridgehead atoms. The van der Waals surface area contributed by atoms with Gasteiger partial charge in [0, 0.05) is 19.0 Å². The highest BCUT2D eigenvalue weighted by Gasteiger charge is 2.27. The van der Waals surface area contributed by atoms with Gasteiger partial charge in [-0.3, -0.25) is 4.68 Å². The van der Waals surface area contributed by atoms with Crippen molar-refractivity contribution in [3.8, 4) is 0 Å². The van der Waals surface area contributed by atoms with Gasteiger partial charge >= 0.3 is 0 Å². The predicted molar refractivity (Wildman–Crippen MR) is 68.8 cm³/mol. The first-order chi connectivity index (χ1) is 8.35. The number of aryl methyl sites for hydroxylation is 1. The highest BCUT2D eigenvalue weighted by Crippen LogP contribution is 2.30. The van der Waals surface area contributed by atoms with Crippen LogP contribution >= 0.6 is 0 Å². The third kappa shape index (κ3) is 3.06. The van der Waals surface area contributed by atoms with E-state index in [9.17, 15) is 0 Å². The fraction of sp³-hybridized carbons (Fsp3) is 0.846. The van der Waals surface area contributed by atoms with Crippen molar-refractivity contribution in [2.75, 3.05) is 6.54 Å². The molecule has 0 saturated heterocycles. The second-order valence-corrected chi connectivity index (χ2v) is 4.95. The van der Waals surface area contributed by atoms with E-state index in [1.807, 2.05) is 4.68 Å². The number of aromatic nitrogens is 3. The third-order valence-electron chi connectivity index (χ3n) is 3.77. The summed E-state index contributed by atoms with van der Waals surface area (Å²) in [6, 6.07) is 0.596. The maximum absolute atomic E-state index is 4.39. The zero-order valence-electron chi connectivity index (χ0n) is 11.0. The quantitative estimate of drug-likeness (QED) is 0.787. The first-order valence-electron chi connectivity index (χ1n) is 6.95. The van der Waals surface area contributed by atoms with Crippen LogP contribution in [-0.4, -0.2) is 27.4 Å². The molecule has 4 heteroatoms. The molecule has 0 amide bonds. The molecule has 96 valence electrons. The topological polar surface area (TPSA) is 42.7 Å². The molecule has 0 aliphatic heterocycles. The van der Waals surface area contributed by atoms with Crippen molar-refractivity contribution < 1.29 is 0 Å². The van der Waals surface area contributed by atoms with Gasteiger partial charge in [0.25, 0.3) is 0 Å². The SMILES string of the molecule is CCCNC(Cc1ncnn1CC)C1CCC1. The molecular weight excluding hydrogens is 212 g/mol. The molecule has 1 heterocycles. The van der Waals surface area contributed by atoms with Gasteiger partial charge in [0.05, 0.1) is 0 Å². The summed E-state index contributed by atoms with van der Waals surface area (Å²) in [4.78, 5) is 4.39. The summed E-state index contributed by atoms with van der Waals surface area (Å²) in [6.07, 6.45) is 8.05. The summed E-state index contributed by atoms with van der Waals surface area (Å²) in [5, 5.41) is 7.93. The van der Waals surface area contributed by atoms with Gasteiger partial charge in [-0.2, -0.15) is 5.10 Å². The Morgan fingerprint density at radius 1 is 1.47 bits per heavy atom. The van der Waals surface area contributed by atoms with Crippen LogP contribution in [0.25, 0.3) is 0 Å². The zero-order valence-corrected chi connectivity index (χ0v) is 11.0. The molecule has 2 rings (SSSR count). The van der Waals surface area contributed by atoms with Crippen molar-refractivity contribution >= 4 is 0 Å². The monoisotopic (exact) mass is 236 g/mol. The Balaban J connectivity index is 1.95. The van der Waals surface area contributed by atoms with Gasteiger partial charge in [-0.1, -0.05) is 13.3 Å². The van der Waals surface area contributed by atoms with E-state index in [1.165, 1.54) is 25.7 Å². The summed E-state index contributed by atoms with van der Waals surface area (Å²) >= 11 is 0. The lowest BCUT2D eigenvalue weighted by Crippen LogP contribution is -2.42. The van der Waals surface area contributed by atoms with E-state index in [0.717, 1.165) is 31.3 Å². The minimum Gasteiger partial charge on any atom is -0.313 e. The van der Waals surface area contributed by atoms with Gasteiger partial charge in [-0.15, -0.1) is 0 Å². The molecule has 0 aromatic carbocycles. The highest BCUT2D eigenvalue weighted by atomic mass is 15.3.